The van der Waals surface area contributed by atoms with Crippen molar-refractivity contribution in [2.24, 2.45) is 0 Å². The molecule has 0 aromatic heterocycles. The molecule has 6 nitrogen and oxygen atoms in total. The molecule has 1 atom stereocenters. The molecule has 0 aromatic rings. The number of nitrogens with zero attached hydrogens (tertiary/aromatic N) is 1. The molecule has 0 saturated carbocycles. The molecule has 1 rings (SSSR count). The smallest absolute Gasteiger partial charge is 0.305 e. The summed E-state index contributed by atoms with van der Waals surface area (Å²) in [5.74, 6) is -1.23. The molecular weight excluding hydrogens is 224 g/mol. The lowest BCUT2D eigenvalue weighted by Gasteiger charge is -2.35. The fraction of sp³-hybridized carbons (Fsp3) is 0.818. The van der Waals surface area contributed by atoms with E-state index >= 15 is 0 Å². The summed E-state index contributed by atoms with van der Waals surface area (Å²) in [5, 5.41) is 21.1. The van der Waals surface area contributed by atoms with E-state index < -0.39 is 17.6 Å². The van der Waals surface area contributed by atoms with Crippen LogP contribution in [0.1, 0.15) is 26.7 Å². The first kappa shape index (κ1) is 13.9. The third kappa shape index (κ3) is 4.70. The van der Waals surface area contributed by atoms with E-state index in [1.807, 2.05) is 4.90 Å². The van der Waals surface area contributed by atoms with Crippen molar-refractivity contribution < 1.29 is 19.8 Å². The standard InChI is InChI=1S/C11H20N2O4/c1-11(2,17)3-5-13-6-4-12-10(16)8(13)7-9(14)15/h8,17H,3-7H2,1-2H3,(H,12,16)(H,14,15). The van der Waals surface area contributed by atoms with Gasteiger partial charge in [-0.05, 0) is 20.3 Å². The van der Waals surface area contributed by atoms with Gasteiger partial charge in [0, 0.05) is 19.6 Å². The van der Waals surface area contributed by atoms with Crippen molar-refractivity contribution in [2.75, 3.05) is 19.6 Å². The summed E-state index contributed by atoms with van der Waals surface area (Å²) < 4.78 is 0. The molecule has 98 valence electrons. The van der Waals surface area contributed by atoms with Crippen LogP contribution in [0.4, 0.5) is 0 Å². The molecule has 0 aliphatic carbocycles. The third-order valence-corrected chi connectivity index (χ3v) is 2.82. The summed E-state index contributed by atoms with van der Waals surface area (Å²) in [5.41, 5.74) is -0.804. The predicted molar refractivity (Wildman–Crippen MR) is 61.5 cm³/mol. The average molecular weight is 244 g/mol. The number of rotatable bonds is 5. The lowest BCUT2D eigenvalue weighted by molar-refractivity contribution is -0.143. The van der Waals surface area contributed by atoms with Crippen LogP contribution in [0, 0.1) is 0 Å². The summed E-state index contributed by atoms with van der Waals surface area (Å²) in [6.07, 6.45) is 0.314. The summed E-state index contributed by atoms with van der Waals surface area (Å²) in [6, 6.07) is -0.622. The first-order chi connectivity index (χ1) is 7.79. The second-order valence-corrected chi connectivity index (χ2v) is 5.00. The number of aliphatic carboxylic acids is 1. The van der Waals surface area contributed by atoms with E-state index in [-0.39, 0.29) is 12.3 Å². The molecule has 1 aliphatic heterocycles. The number of hydrogen-bond donors (Lipinski definition) is 3. The van der Waals surface area contributed by atoms with E-state index in [2.05, 4.69) is 5.32 Å². The first-order valence-corrected chi connectivity index (χ1v) is 5.75. The highest BCUT2D eigenvalue weighted by Crippen LogP contribution is 2.14. The van der Waals surface area contributed by atoms with E-state index in [4.69, 9.17) is 5.11 Å². The van der Waals surface area contributed by atoms with Gasteiger partial charge in [-0.25, -0.2) is 0 Å². The fourth-order valence-electron chi connectivity index (χ4n) is 1.83. The van der Waals surface area contributed by atoms with E-state index in [9.17, 15) is 14.7 Å². The zero-order chi connectivity index (χ0) is 13.1. The minimum absolute atomic E-state index is 0.197. The second-order valence-electron chi connectivity index (χ2n) is 5.00. The first-order valence-electron chi connectivity index (χ1n) is 5.75. The lowest BCUT2D eigenvalue weighted by Crippen LogP contribution is -2.56. The van der Waals surface area contributed by atoms with Gasteiger partial charge in [0.1, 0.15) is 0 Å². The molecule has 0 radical (unpaired) electrons. The van der Waals surface area contributed by atoms with Gasteiger partial charge in [0.2, 0.25) is 5.91 Å². The lowest BCUT2D eigenvalue weighted by atomic mass is 10.0. The minimum atomic E-state index is -0.986. The van der Waals surface area contributed by atoms with Crippen molar-refractivity contribution in [1.82, 2.24) is 10.2 Å². The Labute approximate surface area is 101 Å². The van der Waals surface area contributed by atoms with Crippen LogP contribution >= 0.6 is 0 Å². The summed E-state index contributed by atoms with van der Waals surface area (Å²) in [6.45, 7) is 5.07. The number of carbonyl (C=O) groups excluding carboxylic acids is 1. The van der Waals surface area contributed by atoms with Crippen molar-refractivity contribution in [1.29, 1.82) is 0 Å². The van der Waals surface area contributed by atoms with Crippen LogP contribution < -0.4 is 5.32 Å². The molecule has 1 saturated heterocycles. The van der Waals surface area contributed by atoms with Crippen LogP contribution in [0.15, 0.2) is 0 Å². The molecular formula is C11H20N2O4. The van der Waals surface area contributed by atoms with E-state index in [1.165, 1.54) is 0 Å². The van der Waals surface area contributed by atoms with Crippen LogP contribution in [0.5, 0.6) is 0 Å². The molecule has 1 heterocycles. The normalized spacial score (nSPS) is 22.3. The molecule has 1 fully saturated rings. The Morgan fingerprint density at radius 3 is 2.76 bits per heavy atom. The van der Waals surface area contributed by atoms with Gasteiger partial charge in [-0.3, -0.25) is 14.5 Å². The molecule has 1 aliphatic rings. The average Bonchev–Trinajstić information content (AvgIpc) is 2.17. The highest BCUT2D eigenvalue weighted by Gasteiger charge is 2.32. The number of aliphatic hydroxyl groups is 1. The van der Waals surface area contributed by atoms with Crippen molar-refractivity contribution in [3.8, 4) is 0 Å². The predicted octanol–water partition coefficient (Wildman–Crippen LogP) is -0.577. The third-order valence-electron chi connectivity index (χ3n) is 2.82. The van der Waals surface area contributed by atoms with Crippen LogP contribution in [0.2, 0.25) is 0 Å². The van der Waals surface area contributed by atoms with Gasteiger partial charge in [-0.15, -0.1) is 0 Å². The largest absolute Gasteiger partial charge is 0.481 e. The highest BCUT2D eigenvalue weighted by molar-refractivity contribution is 5.86. The van der Waals surface area contributed by atoms with Crippen molar-refractivity contribution >= 4 is 11.9 Å². The zero-order valence-corrected chi connectivity index (χ0v) is 10.3. The van der Waals surface area contributed by atoms with Gasteiger partial charge in [-0.1, -0.05) is 0 Å². The van der Waals surface area contributed by atoms with E-state index in [0.29, 0.717) is 26.1 Å². The topological polar surface area (TPSA) is 89.9 Å². The summed E-state index contributed by atoms with van der Waals surface area (Å²) in [7, 11) is 0. The fourth-order valence-corrected chi connectivity index (χ4v) is 1.83. The van der Waals surface area contributed by atoms with E-state index in [0.717, 1.165) is 0 Å². The van der Waals surface area contributed by atoms with Gasteiger partial charge in [0.05, 0.1) is 18.1 Å². The number of amides is 1. The Bertz CT molecular complexity index is 298. The quantitative estimate of drug-likeness (QED) is 0.602. The molecule has 3 N–H and O–H groups in total. The van der Waals surface area contributed by atoms with Gasteiger partial charge in [0.15, 0.2) is 0 Å². The van der Waals surface area contributed by atoms with Crippen LogP contribution in [0.25, 0.3) is 0 Å². The second kappa shape index (κ2) is 5.46. The number of carboxylic acid groups (broad SMARTS) is 1. The number of piperazine rings is 1. The number of carbonyl (C=O) groups is 2. The molecule has 0 bridgehead atoms. The van der Waals surface area contributed by atoms with Gasteiger partial charge in [-0.2, -0.15) is 0 Å². The highest BCUT2D eigenvalue weighted by atomic mass is 16.4. The van der Waals surface area contributed by atoms with Gasteiger partial charge >= 0.3 is 5.97 Å². The molecule has 0 spiro atoms. The number of hydrogen-bond acceptors (Lipinski definition) is 4. The van der Waals surface area contributed by atoms with Crippen LogP contribution in [-0.2, 0) is 9.59 Å². The number of nitrogens with one attached hydrogen (secondary N) is 1. The van der Waals surface area contributed by atoms with Crippen molar-refractivity contribution in [3.63, 3.8) is 0 Å². The van der Waals surface area contributed by atoms with Crippen LogP contribution in [0.3, 0.4) is 0 Å². The Kier molecular flexibility index (Phi) is 4.47. The molecule has 17 heavy (non-hydrogen) atoms. The Balaban J connectivity index is 2.59. The van der Waals surface area contributed by atoms with E-state index in [1.54, 1.807) is 13.8 Å². The number of carboxylic acids is 1. The SMILES string of the molecule is CC(C)(O)CCN1CCNC(=O)C1CC(=O)O. The Hall–Kier alpha value is -1.14. The maximum absolute atomic E-state index is 11.6. The molecule has 1 amide bonds. The summed E-state index contributed by atoms with van der Waals surface area (Å²) >= 11 is 0. The summed E-state index contributed by atoms with van der Waals surface area (Å²) in [4.78, 5) is 24.1. The molecule has 0 aromatic carbocycles. The minimum Gasteiger partial charge on any atom is -0.481 e. The maximum atomic E-state index is 11.6. The monoisotopic (exact) mass is 244 g/mol. The van der Waals surface area contributed by atoms with Gasteiger partial charge in [0.25, 0.3) is 0 Å². The van der Waals surface area contributed by atoms with Crippen molar-refractivity contribution in [3.05, 3.63) is 0 Å². The molecule has 1 unspecified atom stereocenters. The van der Waals surface area contributed by atoms with Crippen molar-refractivity contribution in [2.45, 2.75) is 38.3 Å². The molecule has 6 heteroatoms. The maximum Gasteiger partial charge on any atom is 0.305 e. The Morgan fingerprint density at radius 1 is 1.59 bits per heavy atom. The van der Waals surface area contributed by atoms with Gasteiger partial charge < -0.3 is 15.5 Å². The Morgan fingerprint density at radius 2 is 2.24 bits per heavy atom. The van der Waals surface area contributed by atoms with Crippen LogP contribution in [-0.4, -0.2) is 58.3 Å². The zero-order valence-electron chi connectivity index (χ0n) is 10.3.